The highest BCUT2D eigenvalue weighted by Crippen LogP contribution is 2.34. The Kier molecular flexibility index (Phi) is 4.93. The minimum atomic E-state index is -3.75. The molecule has 25 heavy (non-hydrogen) atoms. The Morgan fingerprint density at radius 2 is 1.84 bits per heavy atom. The standard InChI is InChI=1S/C20H19NO3S/c1-3-14-21-17(15-16-10-6-5-7-11-16)18(4-2)24-19-12-8-9-13-20(19)25(21,22)23/h2-3,5-13,17-18H,1,14-15H2/t17-,18+/m1/s1. The zero-order valence-electron chi connectivity index (χ0n) is 13.7. The lowest BCUT2D eigenvalue weighted by Crippen LogP contribution is -2.48. The SMILES string of the molecule is C#C[C@@H]1Oc2ccccc2S(=O)(=O)N(CC=C)[C@@H]1Cc1ccccc1. The maximum atomic E-state index is 13.2. The van der Waals surface area contributed by atoms with Crippen molar-refractivity contribution in [3.63, 3.8) is 0 Å². The summed E-state index contributed by atoms with van der Waals surface area (Å²) in [5.41, 5.74) is 0.992. The number of ether oxygens (including phenoxy) is 1. The molecule has 2 aromatic carbocycles. The molecule has 0 saturated carbocycles. The highest BCUT2D eigenvalue weighted by molar-refractivity contribution is 7.89. The third-order valence-corrected chi connectivity index (χ3v) is 6.10. The number of hydrogen-bond donors (Lipinski definition) is 0. The number of sulfonamides is 1. The number of benzene rings is 2. The van der Waals surface area contributed by atoms with Crippen molar-refractivity contribution in [2.24, 2.45) is 0 Å². The largest absolute Gasteiger partial charge is 0.475 e. The first-order chi connectivity index (χ1) is 12.1. The van der Waals surface area contributed by atoms with Gasteiger partial charge in [0, 0.05) is 6.54 Å². The maximum absolute atomic E-state index is 13.2. The minimum Gasteiger partial charge on any atom is -0.475 e. The summed E-state index contributed by atoms with van der Waals surface area (Å²) in [6, 6.07) is 15.7. The molecule has 0 spiro atoms. The van der Waals surface area contributed by atoms with E-state index in [1.165, 1.54) is 4.31 Å². The van der Waals surface area contributed by atoms with Crippen molar-refractivity contribution in [2.75, 3.05) is 6.54 Å². The van der Waals surface area contributed by atoms with Crippen LogP contribution < -0.4 is 4.74 Å². The predicted molar refractivity (Wildman–Crippen MR) is 97.7 cm³/mol. The molecule has 1 aliphatic heterocycles. The summed E-state index contributed by atoms with van der Waals surface area (Å²) in [6.45, 7) is 3.86. The lowest BCUT2D eigenvalue weighted by atomic mass is 10.0. The van der Waals surface area contributed by atoms with Crippen LogP contribution in [0.1, 0.15) is 5.56 Å². The van der Waals surface area contributed by atoms with Crippen molar-refractivity contribution in [1.29, 1.82) is 0 Å². The fraction of sp³-hybridized carbons (Fsp3) is 0.200. The van der Waals surface area contributed by atoms with E-state index in [0.29, 0.717) is 6.42 Å². The van der Waals surface area contributed by atoms with Gasteiger partial charge in [0.1, 0.15) is 10.6 Å². The second kappa shape index (κ2) is 7.14. The van der Waals surface area contributed by atoms with Crippen LogP contribution in [0.2, 0.25) is 0 Å². The molecular weight excluding hydrogens is 334 g/mol. The van der Waals surface area contributed by atoms with Gasteiger partial charge >= 0.3 is 0 Å². The van der Waals surface area contributed by atoms with Gasteiger partial charge in [-0.1, -0.05) is 54.5 Å². The Morgan fingerprint density at radius 3 is 2.52 bits per heavy atom. The number of rotatable bonds is 4. The average molecular weight is 353 g/mol. The lowest BCUT2D eigenvalue weighted by Gasteiger charge is -2.30. The summed E-state index contributed by atoms with van der Waals surface area (Å²) in [5, 5.41) is 0. The Morgan fingerprint density at radius 1 is 1.16 bits per heavy atom. The molecule has 0 bridgehead atoms. The molecule has 0 saturated heterocycles. The van der Waals surface area contributed by atoms with Gasteiger partial charge in [-0.3, -0.25) is 0 Å². The van der Waals surface area contributed by atoms with Crippen LogP contribution in [0.25, 0.3) is 0 Å². The van der Waals surface area contributed by atoms with E-state index < -0.39 is 22.2 Å². The molecule has 4 nitrogen and oxygen atoms in total. The van der Waals surface area contributed by atoms with Gasteiger partial charge in [0.15, 0.2) is 6.10 Å². The molecule has 2 aromatic rings. The highest BCUT2D eigenvalue weighted by atomic mass is 32.2. The van der Waals surface area contributed by atoms with Gasteiger partial charge in [0.25, 0.3) is 0 Å². The van der Waals surface area contributed by atoms with E-state index in [0.717, 1.165) is 5.56 Å². The van der Waals surface area contributed by atoms with Crippen molar-refractivity contribution in [3.05, 3.63) is 72.8 Å². The summed E-state index contributed by atoms with van der Waals surface area (Å²) in [7, 11) is -3.75. The van der Waals surface area contributed by atoms with Gasteiger partial charge < -0.3 is 4.74 Å². The van der Waals surface area contributed by atoms with Crippen molar-refractivity contribution >= 4 is 10.0 Å². The first kappa shape index (κ1) is 17.3. The van der Waals surface area contributed by atoms with Crippen LogP contribution in [-0.2, 0) is 16.4 Å². The van der Waals surface area contributed by atoms with Crippen LogP contribution >= 0.6 is 0 Å². The molecule has 3 rings (SSSR count). The van der Waals surface area contributed by atoms with E-state index in [1.807, 2.05) is 30.3 Å². The Bertz CT molecular complexity index is 900. The Labute approximate surface area is 148 Å². The fourth-order valence-corrected chi connectivity index (χ4v) is 4.72. The first-order valence-corrected chi connectivity index (χ1v) is 9.40. The first-order valence-electron chi connectivity index (χ1n) is 7.96. The molecule has 2 atom stereocenters. The van der Waals surface area contributed by atoms with Crippen LogP contribution in [0, 0.1) is 12.3 Å². The van der Waals surface area contributed by atoms with Crippen molar-refractivity contribution < 1.29 is 13.2 Å². The molecule has 0 radical (unpaired) electrons. The summed E-state index contributed by atoms with van der Waals surface area (Å²) in [6.07, 6.45) is 7.02. The Hall–Kier alpha value is -2.55. The molecule has 1 heterocycles. The molecule has 0 N–H and O–H groups in total. The van der Waals surface area contributed by atoms with Gasteiger partial charge in [-0.15, -0.1) is 13.0 Å². The van der Waals surface area contributed by atoms with Gasteiger partial charge in [0.05, 0.1) is 6.04 Å². The topological polar surface area (TPSA) is 46.6 Å². The normalized spacial score (nSPS) is 22.0. The molecule has 0 fully saturated rings. The molecule has 1 aliphatic rings. The zero-order valence-corrected chi connectivity index (χ0v) is 14.5. The number of para-hydroxylation sites is 1. The van der Waals surface area contributed by atoms with Crippen molar-refractivity contribution in [2.45, 2.75) is 23.5 Å². The number of hydrogen-bond acceptors (Lipinski definition) is 3. The van der Waals surface area contributed by atoms with Crippen LogP contribution in [0.15, 0.2) is 72.1 Å². The summed E-state index contributed by atoms with van der Waals surface area (Å²) in [4.78, 5) is 0.132. The minimum absolute atomic E-state index is 0.132. The molecule has 0 aromatic heterocycles. The zero-order chi connectivity index (χ0) is 17.9. The van der Waals surface area contributed by atoms with Crippen LogP contribution in [0.3, 0.4) is 0 Å². The second-order valence-corrected chi connectivity index (χ2v) is 7.63. The third kappa shape index (κ3) is 3.32. The van der Waals surface area contributed by atoms with Crippen molar-refractivity contribution in [3.8, 4) is 18.1 Å². The van der Waals surface area contributed by atoms with Crippen molar-refractivity contribution in [1.82, 2.24) is 4.31 Å². The van der Waals surface area contributed by atoms with Gasteiger partial charge in [-0.2, -0.15) is 4.31 Å². The van der Waals surface area contributed by atoms with Crippen LogP contribution in [0.5, 0.6) is 5.75 Å². The fourth-order valence-electron chi connectivity index (χ4n) is 3.00. The number of terminal acetylenes is 1. The maximum Gasteiger partial charge on any atom is 0.247 e. The average Bonchev–Trinajstić information content (AvgIpc) is 2.71. The summed E-state index contributed by atoms with van der Waals surface area (Å²) in [5.74, 6) is 2.91. The third-order valence-electron chi connectivity index (χ3n) is 4.17. The molecule has 128 valence electrons. The summed E-state index contributed by atoms with van der Waals surface area (Å²) >= 11 is 0. The van der Waals surface area contributed by atoms with Crippen LogP contribution in [-0.4, -0.2) is 31.4 Å². The molecule has 0 unspecified atom stereocenters. The smallest absolute Gasteiger partial charge is 0.247 e. The van der Waals surface area contributed by atoms with E-state index in [-0.39, 0.29) is 17.2 Å². The van der Waals surface area contributed by atoms with E-state index in [9.17, 15) is 8.42 Å². The summed E-state index contributed by atoms with van der Waals surface area (Å²) < 4.78 is 33.7. The molecule has 0 amide bonds. The molecule has 0 aliphatic carbocycles. The van der Waals surface area contributed by atoms with Gasteiger partial charge in [0.2, 0.25) is 10.0 Å². The van der Waals surface area contributed by atoms with E-state index in [1.54, 1.807) is 30.3 Å². The van der Waals surface area contributed by atoms with E-state index in [4.69, 9.17) is 11.2 Å². The van der Waals surface area contributed by atoms with Gasteiger partial charge in [-0.25, -0.2) is 8.42 Å². The van der Waals surface area contributed by atoms with Crippen LogP contribution in [0.4, 0.5) is 0 Å². The molecule has 5 heteroatoms. The monoisotopic (exact) mass is 353 g/mol. The predicted octanol–water partition coefficient (Wildman–Crippen LogP) is 2.87. The number of nitrogens with zero attached hydrogens (tertiary/aromatic N) is 1. The van der Waals surface area contributed by atoms with E-state index in [2.05, 4.69) is 12.5 Å². The van der Waals surface area contributed by atoms with Gasteiger partial charge in [-0.05, 0) is 24.1 Å². The Balaban J connectivity index is 2.12. The lowest BCUT2D eigenvalue weighted by molar-refractivity contribution is 0.166. The second-order valence-electron chi connectivity index (χ2n) is 5.77. The molecular formula is C20H19NO3S. The quantitative estimate of drug-likeness (QED) is 0.627. The van der Waals surface area contributed by atoms with E-state index >= 15 is 0 Å². The number of fused-ring (bicyclic) bond motifs is 1. The highest BCUT2D eigenvalue weighted by Gasteiger charge is 2.41.